The van der Waals surface area contributed by atoms with Gasteiger partial charge in [0.1, 0.15) is 29.5 Å². The van der Waals surface area contributed by atoms with Crippen molar-refractivity contribution in [2.75, 3.05) is 11.9 Å². The van der Waals surface area contributed by atoms with Gasteiger partial charge in [0.25, 0.3) is 5.91 Å². The van der Waals surface area contributed by atoms with Gasteiger partial charge in [-0.1, -0.05) is 13.0 Å². The highest BCUT2D eigenvalue weighted by atomic mass is 32.1. The molecule has 4 rings (SSSR count). The molecule has 0 saturated heterocycles. The number of hydrogen-bond acceptors (Lipinski definition) is 6. The number of fused-ring (bicyclic) bond motifs is 1. The van der Waals surface area contributed by atoms with Crippen LogP contribution in [0, 0.1) is 11.3 Å². The van der Waals surface area contributed by atoms with Gasteiger partial charge in [0, 0.05) is 4.88 Å². The second kappa shape index (κ2) is 8.45. The number of rotatable bonds is 6. The van der Waals surface area contributed by atoms with Crippen LogP contribution in [0.5, 0.6) is 5.75 Å². The number of hydrogen-bond donors (Lipinski definition) is 1. The second-order valence-corrected chi connectivity index (χ2v) is 7.99. The SMILES string of the molecule is CCc1ccc(OCC(=O)Nc2sc3c(c2C#N)CCCC3)c(-n2cnnc2)c1. The number of benzene rings is 1. The number of amides is 1. The van der Waals surface area contributed by atoms with E-state index in [1.807, 2.05) is 18.2 Å². The van der Waals surface area contributed by atoms with Crippen LogP contribution in [0.1, 0.15) is 41.3 Å². The minimum atomic E-state index is -0.283. The van der Waals surface area contributed by atoms with Crippen LogP contribution in [0.2, 0.25) is 0 Å². The molecular weight excluding hydrogens is 386 g/mol. The number of nitriles is 1. The maximum Gasteiger partial charge on any atom is 0.262 e. The molecule has 0 spiro atoms. The topological polar surface area (TPSA) is 92.8 Å². The average molecular weight is 407 g/mol. The molecule has 0 atom stereocenters. The summed E-state index contributed by atoms with van der Waals surface area (Å²) in [6.07, 6.45) is 8.19. The lowest BCUT2D eigenvalue weighted by atomic mass is 9.96. The lowest BCUT2D eigenvalue weighted by Gasteiger charge is -2.13. The maximum atomic E-state index is 12.5. The zero-order chi connectivity index (χ0) is 20.2. The summed E-state index contributed by atoms with van der Waals surface area (Å²) in [4.78, 5) is 13.7. The summed E-state index contributed by atoms with van der Waals surface area (Å²) in [6.45, 7) is 1.93. The molecule has 1 aliphatic rings. The zero-order valence-electron chi connectivity index (χ0n) is 16.1. The van der Waals surface area contributed by atoms with Crippen LogP contribution in [0.25, 0.3) is 5.69 Å². The van der Waals surface area contributed by atoms with E-state index in [9.17, 15) is 10.1 Å². The van der Waals surface area contributed by atoms with Crippen LogP contribution in [0.15, 0.2) is 30.9 Å². The Labute approximate surface area is 173 Å². The molecular formula is C21H21N5O2S. The van der Waals surface area contributed by atoms with Crippen LogP contribution in [-0.2, 0) is 24.1 Å². The van der Waals surface area contributed by atoms with E-state index in [4.69, 9.17) is 4.74 Å². The predicted molar refractivity (Wildman–Crippen MR) is 111 cm³/mol. The molecule has 3 aromatic rings. The van der Waals surface area contributed by atoms with Gasteiger partial charge in [0.15, 0.2) is 6.61 Å². The van der Waals surface area contributed by atoms with Gasteiger partial charge in [-0.15, -0.1) is 21.5 Å². The Balaban J connectivity index is 1.48. The first-order valence-corrected chi connectivity index (χ1v) is 10.5. The van der Waals surface area contributed by atoms with E-state index in [1.54, 1.807) is 17.2 Å². The normalized spacial score (nSPS) is 12.8. The molecule has 1 aromatic carbocycles. The Morgan fingerprint density at radius 2 is 2.10 bits per heavy atom. The van der Waals surface area contributed by atoms with Crippen molar-refractivity contribution in [1.82, 2.24) is 14.8 Å². The molecule has 7 nitrogen and oxygen atoms in total. The van der Waals surface area contributed by atoms with Crippen LogP contribution >= 0.6 is 11.3 Å². The fraction of sp³-hybridized carbons (Fsp3) is 0.333. The van der Waals surface area contributed by atoms with E-state index in [2.05, 4.69) is 28.5 Å². The summed E-state index contributed by atoms with van der Waals surface area (Å²) in [6, 6.07) is 8.09. The van der Waals surface area contributed by atoms with E-state index >= 15 is 0 Å². The van der Waals surface area contributed by atoms with Crippen molar-refractivity contribution < 1.29 is 9.53 Å². The van der Waals surface area contributed by atoms with Gasteiger partial charge in [-0.25, -0.2) is 0 Å². The minimum Gasteiger partial charge on any atom is -0.482 e. The second-order valence-electron chi connectivity index (χ2n) is 6.89. The van der Waals surface area contributed by atoms with E-state index in [0.29, 0.717) is 16.3 Å². The van der Waals surface area contributed by atoms with E-state index in [1.165, 1.54) is 16.2 Å². The van der Waals surface area contributed by atoms with Crippen LogP contribution in [0.4, 0.5) is 5.00 Å². The van der Waals surface area contributed by atoms with Crippen molar-refractivity contribution >= 4 is 22.2 Å². The molecule has 0 aliphatic heterocycles. The fourth-order valence-corrected chi connectivity index (χ4v) is 4.77. The van der Waals surface area contributed by atoms with Gasteiger partial charge in [0.05, 0.1) is 11.3 Å². The van der Waals surface area contributed by atoms with Gasteiger partial charge in [-0.3, -0.25) is 9.36 Å². The largest absolute Gasteiger partial charge is 0.482 e. The first kappa shape index (κ1) is 19.2. The number of aromatic nitrogens is 3. The van der Waals surface area contributed by atoms with Crippen molar-refractivity contribution in [3.63, 3.8) is 0 Å². The van der Waals surface area contributed by atoms with Gasteiger partial charge < -0.3 is 10.1 Å². The van der Waals surface area contributed by atoms with Crippen molar-refractivity contribution in [2.24, 2.45) is 0 Å². The van der Waals surface area contributed by atoms with Crippen LogP contribution < -0.4 is 10.1 Å². The minimum absolute atomic E-state index is 0.145. The zero-order valence-corrected chi connectivity index (χ0v) is 17.0. The molecule has 2 heterocycles. The number of ether oxygens (including phenoxy) is 1. The van der Waals surface area contributed by atoms with Crippen molar-refractivity contribution in [2.45, 2.75) is 39.0 Å². The van der Waals surface area contributed by atoms with Crippen molar-refractivity contribution in [3.8, 4) is 17.5 Å². The lowest BCUT2D eigenvalue weighted by molar-refractivity contribution is -0.118. The molecule has 0 radical (unpaired) electrons. The summed E-state index contributed by atoms with van der Waals surface area (Å²) >= 11 is 1.51. The number of nitrogens with zero attached hydrogens (tertiary/aromatic N) is 4. The average Bonchev–Trinajstić information content (AvgIpc) is 3.39. The molecule has 0 unspecified atom stereocenters. The number of thiophene rings is 1. The Bertz CT molecular complexity index is 1070. The quantitative estimate of drug-likeness (QED) is 0.673. The van der Waals surface area contributed by atoms with Crippen LogP contribution in [0.3, 0.4) is 0 Å². The molecule has 8 heteroatoms. The van der Waals surface area contributed by atoms with Gasteiger partial charge >= 0.3 is 0 Å². The summed E-state index contributed by atoms with van der Waals surface area (Å²) in [5.41, 5.74) is 3.64. The third kappa shape index (κ3) is 4.00. The van der Waals surface area contributed by atoms with Gasteiger partial charge in [-0.05, 0) is 55.4 Å². The fourth-order valence-electron chi connectivity index (χ4n) is 3.51. The van der Waals surface area contributed by atoms with Crippen LogP contribution in [-0.4, -0.2) is 27.3 Å². The van der Waals surface area contributed by atoms with E-state index in [-0.39, 0.29) is 12.5 Å². The molecule has 1 N–H and O–H groups in total. The maximum absolute atomic E-state index is 12.5. The standard InChI is InChI=1S/C21H21N5O2S/c1-2-14-7-8-18(17(9-14)26-12-23-24-13-26)28-11-20(27)25-21-16(10-22)15-5-3-4-6-19(15)29-21/h7-9,12-13H,2-6,11H2,1H3,(H,25,27). The smallest absolute Gasteiger partial charge is 0.262 e. The summed E-state index contributed by atoms with van der Waals surface area (Å²) < 4.78 is 7.56. The highest BCUT2D eigenvalue weighted by Gasteiger charge is 2.22. The molecule has 0 bridgehead atoms. The summed E-state index contributed by atoms with van der Waals surface area (Å²) in [5.74, 6) is 0.289. The van der Waals surface area contributed by atoms with Gasteiger partial charge in [-0.2, -0.15) is 5.26 Å². The Kier molecular flexibility index (Phi) is 5.58. The summed E-state index contributed by atoms with van der Waals surface area (Å²) in [7, 11) is 0. The molecule has 29 heavy (non-hydrogen) atoms. The number of anilines is 1. The highest BCUT2D eigenvalue weighted by molar-refractivity contribution is 7.16. The van der Waals surface area contributed by atoms with Crippen molar-refractivity contribution in [1.29, 1.82) is 5.26 Å². The Morgan fingerprint density at radius 1 is 1.31 bits per heavy atom. The van der Waals surface area contributed by atoms with E-state index in [0.717, 1.165) is 48.9 Å². The van der Waals surface area contributed by atoms with Crippen molar-refractivity contribution in [3.05, 3.63) is 52.4 Å². The number of nitrogens with one attached hydrogen (secondary N) is 1. The van der Waals surface area contributed by atoms with Gasteiger partial charge in [0.2, 0.25) is 0 Å². The highest BCUT2D eigenvalue weighted by Crippen LogP contribution is 2.37. The Morgan fingerprint density at radius 3 is 2.86 bits per heavy atom. The molecule has 148 valence electrons. The third-order valence-electron chi connectivity index (χ3n) is 5.02. The Hall–Kier alpha value is -3.18. The first-order valence-electron chi connectivity index (χ1n) is 9.64. The molecule has 1 aliphatic carbocycles. The first-order chi connectivity index (χ1) is 14.2. The van der Waals surface area contributed by atoms with E-state index < -0.39 is 0 Å². The molecule has 1 amide bonds. The number of carbonyl (C=O) groups excluding carboxylic acids is 1. The number of aryl methyl sites for hydroxylation is 2. The third-order valence-corrected chi connectivity index (χ3v) is 6.23. The summed E-state index contributed by atoms with van der Waals surface area (Å²) in [5, 5.41) is 20.7. The molecule has 0 saturated carbocycles. The molecule has 2 aromatic heterocycles. The molecule has 0 fully saturated rings. The monoisotopic (exact) mass is 407 g/mol. The number of carbonyl (C=O) groups is 1. The lowest BCUT2D eigenvalue weighted by Crippen LogP contribution is -2.20. The predicted octanol–water partition coefficient (Wildman–Crippen LogP) is 3.66.